The number of hydrogen-bond donors (Lipinski definition) is 1. The monoisotopic (exact) mass is 544 g/mol. The van der Waals surface area contributed by atoms with Crippen LogP contribution in [0.15, 0.2) is 60.7 Å². The van der Waals surface area contributed by atoms with Crippen molar-refractivity contribution in [3.8, 4) is 22.6 Å². The summed E-state index contributed by atoms with van der Waals surface area (Å²) in [6.07, 6.45) is 1.83. The van der Waals surface area contributed by atoms with E-state index >= 15 is 0 Å². The number of β-amino-alcohol motifs (C(OH)–C–C–N with tert-alkyl or cyclic N) is 1. The Hall–Kier alpha value is -4.17. The summed E-state index contributed by atoms with van der Waals surface area (Å²) in [4.78, 5) is 42.8. The van der Waals surface area contributed by atoms with Crippen molar-refractivity contribution >= 4 is 17.6 Å². The van der Waals surface area contributed by atoms with Crippen LogP contribution in [0.1, 0.15) is 54.0 Å². The first-order valence-corrected chi connectivity index (χ1v) is 13.6. The Morgan fingerprint density at radius 2 is 1.75 bits per heavy atom. The largest absolute Gasteiger partial charge is 0.454 e. The van der Waals surface area contributed by atoms with Gasteiger partial charge in [-0.1, -0.05) is 24.3 Å². The molecule has 8 nitrogen and oxygen atoms in total. The first-order chi connectivity index (χ1) is 19.2. The van der Waals surface area contributed by atoms with Crippen LogP contribution in [-0.4, -0.2) is 72.6 Å². The second-order valence-electron chi connectivity index (χ2n) is 11.1. The maximum atomic E-state index is 13.7. The summed E-state index contributed by atoms with van der Waals surface area (Å²) in [5, 5.41) is 10.00. The highest BCUT2D eigenvalue weighted by molar-refractivity contribution is 6.02. The number of likely N-dealkylation sites (tertiary alicyclic amines) is 1. The molecule has 1 atom stereocenters. The standard InChI is InChI=1S/C32H32N2O6.2H2/c1-33(2)30(37)22-6-4-21(5-7-22)26-15-20(3-9-25(26)31(38)34-14-11-24(35)18-34)16-29(36)32(12-13-32)23-8-10-27-28(17-23)40-19-39-27;;/h3-10,15,17,24,35H,11-14,16,18-19H2,1-2H3;2*1H/t24-;;/m1../s1. The van der Waals surface area contributed by atoms with Crippen LogP contribution in [0, 0.1) is 0 Å². The molecule has 0 spiro atoms. The van der Waals surface area contributed by atoms with E-state index < -0.39 is 11.5 Å². The zero-order valence-electron chi connectivity index (χ0n) is 22.7. The Bertz CT molecular complexity index is 1500. The number of ether oxygens (including phenoxy) is 2. The lowest BCUT2D eigenvalue weighted by Gasteiger charge is -2.20. The van der Waals surface area contributed by atoms with Gasteiger partial charge in [0.2, 0.25) is 6.79 Å². The van der Waals surface area contributed by atoms with Crippen molar-refractivity contribution < 1.29 is 31.8 Å². The van der Waals surface area contributed by atoms with Crippen molar-refractivity contribution in [1.82, 2.24) is 9.80 Å². The molecular formula is C32H36N2O6. The molecule has 0 unspecified atom stereocenters. The van der Waals surface area contributed by atoms with Gasteiger partial charge in [0.25, 0.3) is 11.8 Å². The third-order valence-electron chi connectivity index (χ3n) is 8.19. The van der Waals surface area contributed by atoms with E-state index in [4.69, 9.17) is 9.47 Å². The number of nitrogens with zero attached hydrogens (tertiary/aromatic N) is 2. The summed E-state index contributed by atoms with van der Waals surface area (Å²) in [5.74, 6) is 1.24. The number of amides is 2. The third-order valence-corrected chi connectivity index (χ3v) is 8.19. The van der Waals surface area contributed by atoms with Gasteiger partial charge in [0, 0.05) is 47.6 Å². The minimum Gasteiger partial charge on any atom is -0.454 e. The molecule has 0 radical (unpaired) electrons. The fraction of sp³-hybridized carbons (Fsp3) is 0.344. The Kier molecular flexibility index (Phi) is 6.58. The topological polar surface area (TPSA) is 96.4 Å². The van der Waals surface area contributed by atoms with Gasteiger partial charge in [0.05, 0.1) is 11.5 Å². The van der Waals surface area contributed by atoms with Crippen LogP contribution in [0.25, 0.3) is 11.1 Å². The molecule has 8 heteroatoms. The van der Waals surface area contributed by atoms with Crippen LogP contribution < -0.4 is 9.47 Å². The Morgan fingerprint density at radius 1 is 1.00 bits per heavy atom. The van der Waals surface area contributed by atoms with E-state index in [1.165, 1.54) is 4.90 Å². The fourth-order valence-electron chi connectivity index (χ4n) is 5.68. The Labute approximate surface area is 236 Å². The second kappa shape index (κ2) is 10.1. The van der Waals surface area contributed by atoms with E-state index in [2.05, 4.69) is 0 Å². The third kappa shape index (κ3) is 4.73. The molecule has 0 bridgehead atoms. The van der Waals surface area contributed by atoms with E-state index in [0.717, 1.165) is 29.5 Å². The molecule has 1 saturated heterocycles. The molecular weight excluding hydrogens is 508 g/mol. The number of hydrogen-bond acceptors (Lipinski definition) is 6. The molecule has 3 aromatic rings. The van der Waals surface area contributed by atoms with E-state index in [9.17, 15) is 19.5 Å². The van der Waals surface area contributed by atoms with Crippen molar-refractivity contribution in [1.29, 1.82) is 0 Å². The van der Waals surface area contributed by atoms with Crippen molar-refractivity contribution in [3.05, 3.63) is 82.9 Å². The molecule has 2 fully saturated rings. The average molecular weight is 545 g/mol. The van der Waals surface area contributed by atoms with Gasteiger partial charge in [-0.05, 0) is 77.9 Å². The lowest BCUT2D eigenvalue weighted by Crippen LogP contribution is -2.30. The fourth-order valence-corrected chi connectivity index (χ4v) is 5.68. The van der Waals surface area contributed by atoms with Gasteiger partial charge in [0.15, 0.2) is 11.5 Å². The molecule has 2 heterocycles. The predicted molar refractivity (Wildman–Crippen MR) is 153 cm³/mol. The quantitative estimate of drug-likeness (QED) is 0.476. The summed E-state index contributed by atoms with van der Waals surface area (Å²) >= 11 is 0. The van der Waals surface area contributed by atoms with Gasteiger partial charge < -0.3 is 24.4 Å². The van der Waals surface area contributed by atoms with Crippen molar-refractivity contribution in [2.45, 2.75) is 37.2 Å². The van der Waals surface area contributed by atoms with Crippen LogP contribution in [0.2, 0.25) is 0 Å². The number of aliphatic hydroxyl groups is 1. The molecule has 210 valence electrons. The van der Waals surface area contributed by atoms with Crippen molar-refractivity contribution in [2.24, 2.45) is 0 Å². The van der Waals surface area contributed by atoms with Gasteiger partial charge in [-0.3, -0.25) is 14.4 Å². The minimum absolute atomic E-state index is 0. The van der Waals surface area contributed by atoms with Gasteiger partial charge >= 0.3 is 0 Å². The van der Waals surface area contributed by atoms with Crippen LogP contribution in [-0.2, 0) is 16.6 Å². The molecule has 2 aliphatic heterocycles. The maximum Gasteiger partial charge on any atom is 0.254 e. The minimum atomic E-state index is -0.532. The molecule has 1 saturated carbocycles. The van der Waals surface area contributed by atoms with Crippen LogP contribution in [0.5, 0.6) is 11.5 Å². The van der Waals surface area contributed by atoms with Crippen LogP contribution in [0.3, 0.4) is 0 Å². The van der Waals surface area contributed by atoms with Crippen molar-refractivity contribution in [3.63, 3.8) is 0 Å². The molecule has 6 rings (SSSR count). The van der Waals surface area contributed by atoms with Crippen LogP contribution >= 0.6 is 0 Å². The maximum absolute atomic E-state index is 13.7. The summed E-state index contributed by atoms with van der Waals surface area (Å²) < 4.78 is 11.0. The number of rotatable bonds is 7. The van der Waals surface area contributed by atoms with Gasteiger partial charge in [0.1, 0.15) is 5.78 Å². The van der Waals surface area contributed by atoms with Gasteiger partial charge in [-0.25, -0.2) is 0 Å². The van der Waals surface area contributed by atoms with Crippen molar-refractivity contribution in [2.75, 3.05) is 34.0 Å². The molecule has 3 aliphatic rings. The number of carbonyl (C=O) groups excluding carboxylic acids is 3. The first-order valence-electron chi connectivity index (χ1n) is 13.6. The average Bonchev–Trinajstić information content (AvgIpc) is 3.44. The molecule has 0 aromatic heterocycles. The highest BCUT2D eigenvalue weighted by atomic mass is 16.7. The molecule has 1 aliphatic carbocycles. The molecule has 3 aromatic carbocycles. The van der Waals surface area contributed by atoms with Gasteiger partial charge in [-0.15, -0.1) is 0 Å². The Morgan fingerprint density at radius 3 is 2.42 bits per heavy atom. The number of ketones is 1. The number of carbonyl (C=O) groups is 3. The zero-order chi connectivity index (χ0) is 28.0. The summed E-state index contributed by atoms with van der Waals surface area (Å²) in [5.41, 5.74) is 3.78. The highest BCUT2D eigenvalue weighted by Crippen LogP contribution is 2.51. The lowest BCUT2D eigenvalue weighted by atomic mass is 9.86. The second-order valence-corrected chi connectivity index (χ2v) is 11.1. The predicted octanol–water partition coefficient (Wildman–Crippen LogP) is 4.33. The van der Waals surface area contributed by atoms with Gasteiger partial charge in [-0.2, -0.15) is 0 Å². The number of fused-ring (bicyclic) bond motifs is 1. The summed E-state index contributed by atoms with van der Waals surface area (Å²) in [6.45, 7) is 0.981. The normalized spacial score (nSPS) is 18.5. The zero-order valence-corrected chi connectivity index (χ0v) is 22.7. The van der Waals surface area contributed by atoms with E-state index in [-0.39, 0.29) is 33.7 Å². The summed E-state index contributed by atoms with van der Waals surface area (Å²) in [6, 6.07) is 18.5. The number of aliphatic hydroxyl groups excluding tert-OH is 1. The van der Waals surface area contributed by atoms with E-state index in [0.29, 0.717) is 47.7 Å². The number of benzene rings is 3. The van der Waals surface area contributed by atoms with E-state index in [1.54, 1.807) is 37.2 Å². The molecule has 1 N–H and O–H groups in total. The first kappa shape index (κ1) is 26.1. The Balaban J connectivity index is 0.00000202. The van der Waals surface area contributed by atoms with E-state index in [1.807, 2.05) is 42.5 Å². The SMILES string of the molecule is CN(C)C(=O)c1ccc(-c2cc(CC(=O)C3(c4ccc5c(c4)OCO5)CC3)ccc2C(=O)N2CC[C@@H](O)C2)cc1.[HH].[HH]. The van der Waals surface area contributed by atoms with Crippen LogP contribution in [0.4, 0.5) is 0 Å². The summed E-state index contributed by atoms with van der Waals surface area (Å²) in [7, 11) is 3.41. The smallest absolute Gasteiger partial charge is 0.254 e. The highest BCUT2D eigenvalue weighted by Gasteiger charge is 2.50. The molecule has 40 heavy (non-hydrogen) atoms. The number of Topliss-reactive ketones (excluding diaryl/α,β-unsaturated/α-hetero) is 1. The molecule has 2 amide bonds. The lowest BCUT2D eigenvalue weighted by molar-refractivity contribution is -0.120.